The van der Waals surface area contributed by atoms with Crippen LogP contribution in [0.25, 0.3) is 64.3 Å². The van der Waals surface area contributed by atoms with E-state index in [-0.39, 0.29) is 5.41 Å². The van der Waals surface area contributed by atoms with Crippen LogP contribution in [0.1, 0.15) is 68.6 Å². The van der Waals surface area contributed by atoms with E-state index >= 15 is 0 Å². The summed E-state index contributed by atoms with van der Waals surface area (Å²) >= 11 is 1.90. The van der Waals surface area contributed by atoms with Crippen LogP contribution in [0.3, 0.4) is 0 Å². The predicted molar refractivity (Wildman–Crippen MR) is 246 cm³/mol. The van der Waals surface area contributed by atoms with E-state index in [0.29, 0.717) is 5.92 Å². The third-order valence-electron chi connectivity index (χ3n) is 13.1. The molecule has 0 aliphatic heterocycles. The van der Waals surface area contributed by atoms with E-state index in [1.807, 2.05) is 11.3 Å². The molecular formula is C55H45NS. The highest BCUT2D eigenvalue weighted by atomic mass is 32.1. The van der Waals surface area contributed by atoms with Crippen molar-refractivity contribution < 1.29 is 0 Å². The minimum Gasteiger partial charge on any atom is -0.308 e. The molecule has 0 bridgehead atoms. The first-order chi connectivity index (χ1) is 28.1. The summed E-state index contributed by atoms with van der Waals surface area (Å²) < 4.78 is 2.61. The molecule has 9 aromatic rings. The smallest absolute Gasteiger partial charge is 0.0640 e. The van der Waals surface area contributed by atoms with Gasteiger partial charge in [-0.1, -0.05) is 173 Å². The maximum Gasteiger partial charge on any atom is 0.0640 e. The van der Waals surface area contributed by atoms with Crippen molar-refractivity contribution in [2.24, 2.45) is 0 Å². The number of nitrogens with zero attached hydrogens (tertiary/aromatic N) is 1. The quantitative estimate of drug-likeness (QED) is 0.164. The Balaban J connectivity index is 1.17. The molecular weight excluding hydrogens is 707 g/mol. The lowest BCUT2D eigenvalue weighted by Crippen LogP contribution is -2.15. The van der Waals surface area contributed by atoms with Gasteiger partial charge < -0.3 is 4.90 Å². The Kier molecular flexibility index (Phi) is 8.19. The van der Waals surface area contributed by atoms with Gasteiger partial charge in [0, 0.05) is 32.0 Å². The highest BCUT2D eigenvalue weighted by Gasteiger charge is 2.35. The van der Waals surface area contributed by atoms with E-state index in [4.69, 9.17) is 0 Å². The molecule has 11 rings (SSSR count). The molecule has 1 heterocycles. The Morgan fingerprint density at radius 1 is 0.491 bits per heavy atom. The molecule has 2 heteroatoms. The summed E-state index contributed by atoms with van der Waals surface area (Å²) in [5.41, 5.74) is 15.5. The third kappa shape index (κ3) is 5.49. The van der Waals surface area contributed by atoms with Crippen molar-refractivity contribution in [1.82, 2.24) is 0 Å². The molecule has 1 saturated carbocycles. The first-order valence-electron chi connectivity index (χ1n) is 20.7. The van der Waals surface area contributed by atoms with Gasteiger partial charge in [-0.2, -0.15) is 0 Å². The summed E-state index contributed by atoms with van der Waals surface area (Å²) in [6, 6.07) is 64.1. The molecule has 1 fully saturated rings. The van der Waals surface area contributed by atoms with E-state index in [1.165, 1.54) is 130 Å². The van der Waals surface area contributed by atoms with Crippen molar-refractivity contribution in [1.29, 1.82) is 0 Å². The van der Waals surface area contributed by atoms with Gasteiger partial charge in [-0.05, 0) is 98.8 Å². The van der Waals surface area contributed by atoms with Crippen molar-refractivity contribution in [2.45, 2.75) is 57.3 Å². The Hall–Kier alpha value is -5.96. The fourth-order valence-corrected chi connectivity index (χ4v) is 11.5. The third-order valence-corrected chi connectivity index (χ3v) is 14.3. The van der Waals surface area contributed by atoms with Crippen molar-refractivity contribution in [3.05, 3.63) is 187 Å². The fourth-order valence-electron chi connectivity index (χ4n) is 10.3. The average Bonchev–Trinajstić information content (AvgIpc) is 3.76. The van der Waals surface area contributed by atoms with Crippen LogP contribution in [0, 0.1) is 0 Å². The van der Waals surface area contributed by atoms with Gasteiger partial charge in [0.15, 0.2) is 0 Å². The summed E-state index contributed by atoms with van der Waals surface area (Å²) in [6.45, 7) is 4.76. The zero-order chi connectivity index (χ0) is 38.1. The van der Waals surface area contributed by atoms with Crippen LogP contribution < -0.4 is 4.90 Å². The van der Waals surface area contributed by atoms with Gasteiger partial charge in [-0.15, -0.1) is 11.3 Å². The minimum atomic E-state index is -0.0871. The Morgan fingerprint density at radius 2 is 1.11 bits per heavy atom. The number of benzene rings is 8. The first-order valence-corrected chi connectivity index (χ1v) is 21.5. The molecule has 0 N–H and O–H groups in total. The van der Waals surface area contributed by atoms with Gasteiger partial charge >= 0.3 is 0 Å². The summed E-state index contributed by atoms with van der Waals surface area (Å²) in [6.07, 6.45) is 6.52. The van der Waals surface area contributed by atoms with E-state index in [9.17, 15) is 0 Å². The van der Waals surface area contributed by atoms with Gasteiger partial charge in [0.1, 0.15) is 0 Å². The molecule has 1 aromatic heterocycles. The van der Waals surface area contributed by atoms with Crippen molar-refractivity contribution >= 4 is 59.3 Å². The molecule has 0 saturated heterocycles. The number of hydrogen-bond donors (Lipinski definition) is 0. The molecule has 0 radical (unpaired) electrons. The average molecular weight is 752 g/mol. The van der Waals surface area contributed by atoms with Gasteiger partial charge in [0.25, 0.3) is 0 Å². The summed E-state index contributed by atoms with van der Waals surface area (Å²) in [5.74, 6) is 0.593. The van der Waals surface area contributed by atoms with E-state index < -0.39 is 0 Å². The molecule has 0 unspecified atom stereocenters. The lowest BCUT2D eigenvalue weighted by molar-refractivity contribution is 0.445. The molecule has 2 aliphatic rings. The maximum atomic E-state index is 2.58. The number of fused-ring (bicyclic) bond motifs is 7. The van der Waals surface area contributed by atoms with Crippen LogP contribution in [0.4, 0.5) is 17.1 Å². The molecule has 8 aromatic carbocycles. The normalized spacial score (nSPS) is 14.9. The topological polar surface area (TPSA) is 3.24 Å². The van der Waals surface area contributed by atoms with Gasteiger partial charge in [-0.25, -0.2) is 0 Å². The van der Waals surface area contributed by atoms with Crippen LogP contribution in [0.15, 0.2) is 170 Å². The minimum absolute atomic E-state index is 0.0871. The van der Waals surface area contributed by atoms with E-state index in [2.05, 4.69) is 189 Å². The van der Waals surface area contributed by atoms with Crippen LogP contribution >= 0.6 is 11.3 Å². The molecule has 0 amide bonds. The van der Waals surface area contributed by atoms with Crippen molar-refractivity contribution in [3.63, 3.8) is 0 Å². The molecule has 0 atom stereocenters. The highest BCUT2D eigenvalue weighted by molar-refractivity contribution is 7.26. The lowest BCUT2D eigenvalue weighted by Gasteiger charge is -2.31. The summed E-state index contributed by atoms with van der Waals surface area (Å²) in [7, 11) is 0. The van der Waals surface area contributed by atoms with Crippen LogP contribution in [0.2, 0.25) is 0 Å². The van der Waals surface area contributed by atoms with Crippen molar-refractivity contribution in [2.75, 3.05) is 4.90 Å². The second-order valence-electron chi connectivity index (χ2n) is 16.6. The number of para-hydroxylation sites is 2. The van der Waals surface area contributed by atoms with E-state index in [0.717, 1.165) is 0 Å². The number of anilines is 3. The molecule has 0 spiro atoms. The zero-order valence-corrected chi connectivity index (χ0v) is 33.5. The summed E-state index contributed by atoms with van der Waals surface area (Å²) in [4.78, 5) is 2.58. The van der Waals surface area contributed by atoms with Crippen molar-refractivity contribution in [3.8, 4) is 33.4 Å². The second kappa shape index (κ2) is 13.6. The number of hydrogen-bond acceptors (Lipinski definition) is 2. The van der Waals surface area contributed by atoms with Crippen LogP contribution in [-0.2, 0) is 5.41 Å². The first kappa shape index (κ1) is 34.3. The summed E-state index contributed by atoms with van der Waals surface area (Å²) in [5, 5.41) is 5.35. The highest BCUT2D eigenvalue weighted by Crippen LogP contribution is 2.53. The van der Waals surface area contributed by atoms with E-state index in [1.54, 1.807) is 0 Å². The van der Waals surface area contributed by atoms with Gasteiger partial charge in [-0.3, -0.25) is 0 Å². The number of rotatable bonds is 6. The largest absolute Gasteiger partial charge is 0.308 e. The molecule has 276 valence electrons. The van der Waals surface area contributed by atoms with Crippen LogP contribution in [0.5, 0.6) is 0 Å². The SMILES string of the molecule is CC1(C)c2ccccc2-c2ccc(-c3ccccc3N(c3ccccc3-c3cccc4cccc(C5CCCCC5)c34)c3cccc4c3sc3ccccc34)cc21. The Bertz CT molecular complexity index is 2990. The zero-order valence-electron chi connectivity index (χ0n) is 32.6. The Morgan fingerprint density at radius 3 is 1.95 bits per heavy atom. The standard InChI is InChI=1S/C55H45NS/c1-55(2)47-28-10-6-22-41(47)42-34-33-38(35-48(42)55)39-21-7-11-29-49(39)56(51-31-16-27-46-44-24-9-13-32-52(44)57-54(46)51)50-30-12-8-23-43(50)45-26-15-20-37-19-14-25-40(53(37)45)36-17-4-3-5-18-36/h6-16,19-36H,3-5,17-18H2,1-2H3. The van der Waals surface area contributed by atoms with Gasteiger partial charge in [0.05, 0.1) is 21.8 Å². The second-order valence-corrected chi connectivity index (χ2v) is 17.7. The maximum absolute atomic E-state index is 2.58. The monoisotopic (exact) mass is 751 g/mol. The number of thiophene rings is 1. The molecule has 57 heavy (non-hydrogen) atoms. The van der Waals surface area contributed by atoms with Gasteiger partial charge in [0.2, 0.25) is 0 Å². The van der Waals surface area contributed by atoms with Crippen LogP contribution in [-0.4, -0.2) is 0 Å². The fraction of sp³-hybridized carbons (Fsp3) is 0.164. The Labute approximate surface area is 339 Å². The molecule has 2 aliphatic carbocycles. The molecule has 1 nitrogen and oxygen atoms in total. The predicted octanol–water partition coefficient (Wildman–Crippen LogP) is 16.4. The lowest BCUT2D eigenvalue weighted by atomic mass is 9.80.